The van der Waals surface area contributed by atoms with Crippen LogP contribution in [0, 0.1) is 5.92 Å². The largest absolute Gasteiger partial charge is 0.461 e. The van der Waals surface area contributed by atoms with E-state index in [2.05, 4.69) is 29.3 Å². The van der Waals surface area contributed by atoms with Crippen LogP contribution in [0.15, 0.2) is 33.0 Å². The van der Waals surface area contributed by atoms with Crippen LogP contribution in [-0.2, 0) is 13.0 Å². The van der Waals surface area contributed by atoms with E-state index in [0.29, 0.717) is 29.7 Å². The van der Waals surface area contributed by atoms with Gasteiger partial charge in [-0.2, -0.15) is 4.52 Å². The topological polar surface area (TPSA) is 65.3 Å². The lowest BCUT2D eigenvalue weighted by Crippen LogP contribution is -2.26. The zero-order valence-electron chi connectivity index (χ0n) is 13.8. The SMILES string of the molecule is CCn1c(=O)n2nc(-c3ccco3)nc2c2c(CC(C)C)csc21. The maximum atomic E-state index is 12.8. The Balaban J connectivity index is 2.10. The number of nitrogens with zero attached hydrogens (tertiary/aromatic N) is 4. The van der Waals surface area contributed by atoms with E-state index in [-0.39, 0.29) is 5.69 Å². The molecule has 0 aliphatic carbocycles. The van der Waals surface area contributed by atoms with Crippen molar-refractivity contribution in [2.24, 2.45) is 5.92 Å². The van der Waals surface area contributed by atoms with E-state index in [1.54, 1.807) is 34.3 Å². The van der Waals surface area contributed by atoms with Gasteiger partial charge in [-0.3, -0.25) is 4.57 Å². The Bertz CT molecular complexity index is 1070. The van der Waals surface area contributed by atoms with Crippen LogP contribution in [0.4, 0.5) is 0 Å². The van der Waals surface area contributed by atoms with Gasteiger partial charge in [-0.25, -0.2) is 9.78 Å². The van der Waals surface area contributed by atoms with Crippen molar-refractivity contribution in [2.75, 3.05) is 0 Å². The van der Waals surface area contributed by atoms with Gasteiger partial charge in [-0.15, -0.1) is 16.4 Å². The Morgan fingerprint density at radius 3 is 2.88 bits per heavy atom. The molecule has 0 amide bonds. The zero-order chi connectivity index (χ0) is 16.8. The molecule has 0 unspecified atom stereocenters. The molecule has 7 heteroatoms. The summed E-state index contributed by atoms with van der Waals surface area (Å²) in [4.78, 5) is 18.4. The molecule has 0 bridgehead atoms. The smallest absolute Gasteiger partial charge is 0.351 e. The van der Waals surface area contributed by atoms with Gasteiger partial charge in [0.25, 0.3) is 0 Å². The first-order valence-corrected chi connectivity index (χ1v) is 8.91. The Morgan fingerprint density at radius 2 is 2.21 bits per heavy atom. The van der Waals surface area contributed by atoms with E-state index in [1.165, 1.54) is 10.1 Å². The predicted octanol–water partition coefficient (Wildman–Crippen LogP) is 3.58. The number of rotatable bonds is 4. The summed E-state index contributed by atoms with van der Waals surface area (Å²) in [7, 11) is 0. The van der Waals surface area contributed by atoms with Gasteiger partial charge in [0.2, 0.25) is 5.82 Å². The molecule has 124 valence electrons. The molecule has 0 saturated heterocycles. The van der Waals surface area contributed by atoms with Crippen LogP contribution < -0.4 is 5.69 Å². The number of aromatic nitrogens is 4. The standard InChI is InChI=1S/C17H18N4O2S/c1-4-20-16-13(11(9-24-16)8-10(2)3)15-18-14(12-6-5-7-23-12)19-21(15)17(20)22/h5-7,9-10H,4,8H2,1-3H3. The van der Waals surface area contributed by atoms with E-state index in [9.17, 15) is 4.79 Å². The lowest BCUT2D eigenvalue weighted by molar-refractivity contribution is 0.576. The fourth-order valence-corrected chi connectivity index (χ4v) is 4.15. The molecule has 6 nitrogen and oxygen atoms in total. The summed E-state index contributed by atoms with van der Waals surface area (Å²) in [6.45, 7) is 6.95. The van der Waals surface area contributed by atoms with Crippen LogP contribution in [0.5, 0.6) is 0 Å². The van der Waals surface area contributed by atoms with Crippen LogP contribution in [-0.4, -0.2) is 19.2 Å². The van der Waals surface area contributed by atoms with Crippen molar-refractivity contribution in [1.29, 1.82) is 0 Å². The Labute approximate surface area is 142 Å². The molecule has 4 rings (SSSR count). The minimum atomic E-state index is -0.164. The third-order valence-corrected chi connectivity index (χ3v) is 5.07. The van der Waals surface area contributed by atoms with E-state index in [4.69, 9.17) is 4.42 Å². The van der Waals surface area contributed by atoms with Crippen molar-refractivity contribution < 1.29 is 4.42 Å². The second-order valence-electron chi connectivity index (χ2n) is 6.21. The summed E-state index contributed by atoms with van der Waals surface area (Å²) in [5.74, 6) is 1.53. The lowest BCUT2D eigenvalue weighted by atomic mass is 10.0. The number of hydrogen-bond donors (Lipinski definition) is 0. The molecule has 0 aromatic carbocycles. The lowest BCUT2D eigenvalue weighted by Gasteiger charge is -2.07. The van der Waals surface area contributed by atoms with Gasteiger partial charge in [0, 0.05) is 6.54 Å². The third-order valence-electron chi connectivity index (χ3n) is 4.02. The summed E-state index contributed by atoms with van der Waals surface area (Å²) >= 11 is 1.60. The van der Waals surface area contributed by atoms with Gasteiger partial charge >= 0.3 is 5.69 Å². The highest BCUT2D eigenvalue weighted by Gasteiger charge is 2.20. The molecule has 0 saturated carbocycles. The summed E-state index contributed by atoms with van der Waals surface area (Å²) in [6, 6.07) is 3.59. The number of thiophene rings is 1. The first kappa shape index (κ1) is 15.1. The fraction of sp³-hybridized carbons (Fsp3) is 0.353. The Kier molecular flexibility index (Phi) is 3.53. The average molecular weight is 342 g/mol. The summed E-state index contributed by atoms with van der Waals surface area (Å²) < 4.78 is 8.55. The molecule has 0 radical (unpaired) electrons. The van der Waals surface area contributed by atoms with Crippen molar-refractivity contribution in [2.45, 2.75) is 33.7 Å². The molecular weight excluding hydrogens is 324 g/mol. The molecule has 4 heterocycles. The summed E-state index contributed by atoms with van der Waals surface area (Å²) in [5, 5.41) is 7.56. The van der Waals surface area contributed by atoms with Crippen molar-refractivity contribution in [3.05, 3.63) is 39.8 Å². The van der Waals surface area contributed by atoms with Crippen LogP contribution in [0.2, 0.25) is 0 Å². The maximum Gasteiger partial charge on any atom is 0.351 e. The van der Waals surface area contributed by atoms with E-state index < -0.39 is 0 Å². The zero-order valence-corrected chi connectivity index (χ0v) is 14.6. The quantitative estimate of drug-likeness (QED) is 0.568. The van der Waals surface area contributed by atoms with Crippen molar-refractivity contribution >= 4 is 27.2 Å². The normalized spacial score (nSPS) is 12.0. The summed E-state index contributed by atoms with van der Waals surface area (Å²) in [5.41, 5.74) is 1.67. The highest BCUT2D eigenvalue weighted by molar-refractivity contribution is 7.17. The Morgan fingerprint density at radius 1 is 1.38 bits per heavy atom. The second kappa shape index (κ2) is 5.59. The molecule has 24 heavy (non-hydrogen) atoms. The van der Waals surface area contributed by atoms with Crippen molar-refractivity contribution in [3.63, 3.8) is 0 Å². The maximum absolute atomic E-state index is 12.8. The van der Waals surface area contributed by atoms with E-state index in [0.717, 1.165) is 16.6 Å². The molecule has 0 aliphatic heterocycles. The van der Waals surface area contributed by atoms with Crippen molar-refractivity contribution in [1.82, 2.24) is 19.2 Å². The molecule has 0 fully saturated rings. The van der Waals surface area contributed by atoms with Gasteiger partial charge in [-0.1, -0.05) is 13.8 Å². The monoisotopic (exact) mass is 342 g/mol. The predicted molar refractivity (Wildman–Crippen MR) is 94.5 cm³/mol. The first-order chi connectivity index (χ1) is 11.6. The summed E-state index contributed by atoms with van der Waals surface area (Å²) in [6.07, 6.45) is 2.52. The minimum Gasteiger partial charge on any atom is -0.461 e. The molecule has 4 aromatic rings. The number of hydrogen-bond acceptors (Lipinski definition) is 5. The van der Waals surface area contributed by atoms with Gasteiger partial charge in [0.1, 0.15) is 4.83 Å². The number of fused-ring (bicyclic) bond motifs is 3. The van der Waals surface area contributed by atoms with Crippen LogP contribution >= 0.6 is 11.3 Å². The Hall–Kier alpha value is -2.41. The molecule has 0 spiro atoms. The first-order valence-electron chi connectivity index (χ1n) is 8.03. The van der Waals surface area contributed by atoms with E-state index >= 15 is 0 Å². The average Bonchev–Trinajstić information content (AvgIpc) is 3.25. The van der Waals surface area contributed by atoms with Gasteiger partial charge < -0.3 is 4.42 Å². The molecular formula is C17H18N4O2S. The van der Waals surface area contributed by atoms with Gasteiger partial charge in [-0.05, 0) is 42.3 Å². The molecule has 0 aliphatic rings. The van der Waals surface area contributed by atoms with Crippen molar-refractivity contribution in [3.8, 4) is 11.6 Å². The van der Waals surface area contributed by atoms with Crippen LogP contribution in [0.1, 0.15) is 26.3 Å². The fourth-order valence-electron chi connectivity index (χ4n) is 3.01. The van der Waals surface area contributed by atoms with Crippen LogP contribution in [0.25, 0.3) is 27.4 Å². The molecule has 0 N–H and O–H groups in total. The highest BCUT2D eigenvalue weighted by Crippen LogP contribution is 2.30. The molecule has 0 atom stereocenters. The van der Waals surface area contributed by atoms with Gasteiger partial charge in [0.05, 0.1) is 11.6 Å². The van der Waals surface area contributed by atoms with Crippen LogP contribution in [0.3, 0.4) is 0 Å². The second-order valence-corrected chi connectivity index (χ2v) is 7.07. The highest BCUT2D eigenvalue weighted by atomic mass is 32.1. The molecule has 4 aromatic heterocycles. The van der Waals surface area contributed by atoms with Gasteiger partial charge in [0.15, 0.2) is 11.4 Å². The number of furan rings is 1. The third kappa shape index (κ3) is 2.19. The van der Waals surface area contributed by atoms with E-state index in [1.807, 2.05) is 6.92 Å². The minimum absolute atomic E-state index is 0.164. The number of aryl methyl sites for hydroxylation is 1.